The fraction of sp³-hybridized carbons (Fsp3) is 0.750. The molecule has 0 spiro atoms. The lowest BCUT2D eigenvalue weighted by molar-refractivity contribution is -0.128. The molecule has 0 saturated carbocycles. The van der Waals surface area contributed by atoms with Crippen molar-refractivity contribution in [1.29, 1.82) is 5.26 Å². The van der Waals surface area contributed by atoms with Gasteiger partial charge in [-0.15, -0.1) is 0 Å². The first-order chi connectivity index (χ1) is 7.53. The highest BCUT2D eigenvalue weighted by Crippen LogP contribution is 2.12. The molecule has 1 amide bonds. The first-order valence-corrected chi connectivity index (χ1v) is 6.29. The van der Waals surface area contributed by atoms with E-state index >= 15 is 0 Å². The summed E-state index contributed by atoms with van der Waals surface area (Å²) in [5.74, 6) is -1.05. The van der Waals surface area contributed by atoms with Gasteiger partial charge >= 0.3 is 0 Å². The molecule has 0 aliphatic carbocycles. The second-order valence-electron chi connectivity index (χ2n) is 3.23. The summed E-state index contributed by atoms with van der Waals surface area (Å²) in [6.07, 6.45) is 0. The first-order valence-electron chi connectivity index (χ1n) is 4.68. The summed E-state index contributed by atoms with van der Waals surface area (Å²) in [4.78, 5) is 11.4. The Morgan fingerprint density at radius 2 is 2.38 bits per heavy atom. The van der Waals surface area contributed by atoms with Crippen molar-refractivity contribution >= 4 is 15.9 Å². The van der Waals surface area contributed by atoms with E-state index in [4.69, 9.17) is 10.00 Å². The Kier molecular flexibility index (Phi) is 4.23. The summed E-state index contributed by atoms with van der Waals surface area (Å²) in [5, 5.41) is 10.8. The number of nitriles is 1. The molecule has 1 fully saturated rings. The number of morpholine rings is 1. The van der Waals surface area contributed by atoms with Gasteiger partial charge in [-0.05, 0) is 0 Å². The Hall–Kier alpha value is -1.17. The summed E-state index contributed by atoms with van der Waals surface area (Å²) in [5.41, 5.74) is 0. The summed E-state index contributed by atoms with van der Waals surface area (Å²) in [6.45, 7) is 0.352. The summed E-state index contributed by atoms with van der Waals surface area (Å²) in [6, 6.07) is 0.703. The number of rotatable bonds is 3. The molecule has 8 heteroatoms. The standard InChI is InChI=1S/C8H13N3O4S/c1-10-8(12)7-6-15-4-3-11(7)16(13,14)5-2-9/h7H,3-6H2,1H3,(H,10,12). The lowest BCUT2D eigenvalue weighted by atomic mass is 10.2. The van der Waals surface area contributed by atoms with Crippen molar-refractivity contribution in [3.8, 4) is 6.07 Å². The molecular weight excluding hydrogens is 234 g/mol. The third-order valence-electron chi connectivity index (χ3n) is 2.23. The van der Waals surface area contributed by atoms with Crippen LogP contribution in [0.5, 0.6) is 0 Å². The molecule has 1 aliphatic heterocycles. The SMILES string of the molecule is CNC(=O)C1COCCN1S(=O)(=O)CC#N. The van der Waals surface area contributed by atoms with Crippen molar-refractivity contribution < 1.29 is 17.9 Å². The number of nitrogens with one attached hydrogen (secondary N) is 1. The van der Waals surface area contributed by atoms with E-state index in [1.807, 2.05) is 0 Å². The van der Waals surface area contributed by atoms with E-state index in [1.165, 1.54) is 7.05 Å². The average Bonchev–Trinajstić information content (AvgIpc) is 2.28. The van der Waals surface area contributed by atoms with E-state index in [0.717, 1.165) is 4.31 Å². The molecule has 7 nitrogen and oxygen atoms in total. The minimum Gasteiger partial charge on any atom is -0.378 e. The van der Waals surface area contributed by atoms with Crippen molar-refractivity contribution in [3.63, 3.8) is 0 Å². The predicted molar refractivity (Wildman–Crippen MR) is 54.8 cm³/mol. The molecular formula is C8H13N3O4S. The highest BCUT2D eigenvalue weighted by molar-refractivity contribution is 7.89. The maximum absolute atomic E-state index is 11.7. The largest absolute Gasteiger partial charge is 0.378 e. The van der Waals surface area contributed by atoms with Gasteiger partial charge in [0.25, 0.3) is 0 Å². The Balaban J connectivity index is 2.91. The number of nitrogens with zero attached hydrogens (tertiary/aromatic N) is 2. The Morgan fingerprint density at radius 1 is 1.69 bits per heavy atom. The molecule has 1 rings (SSSR count). The molecule has 0 aromatic rings. The molecule has 0 aromatic carbocycles. The van der Waals surface area contributed by atoms with Crippen molar-refractivity contribution in [2.75, 3.05) is 32.6 Å². The average molecular weight is 247 g/mol. The zero-order chi connectivity index (χ0) is 12.2. The van der Waals surface area contributed by atoms with Crippen molar-refractivity contribution in [2.45, 2.75) is 6.04 Å². The number of ether oxygens (including phenoxy) is 1. The predicted octanol–water partition coefficient (Wildman–Crippen LogP) is -1.71. The van der Waals surface area contributed by atoms with E-state index in [0.29, 0.717) is 0 Å². The number of hydrogen-bond acceptors (Lipinski definition) is 5. The Bertz CT molecular complexity index is 400. The van der Waals surface area contributed by atoms with Crippen LogP contribution in [0.2, 0.25) is 0 Å². The molecule has 90 valence electrons. The molecule has 0 bridgehead atoms. The Labute approximate surface area is 94.0 Å². The lowest BCUT2D eigenvalue weighted by Gasteiger charge is -2.32. The van der Waals surface area contributed by atoms with Crippen LogP contribution in [0.25, 0.3) is 0 Å². The van der Waals surface area contributed by atoms with E-state index < -0.39 is 27.7 Å². The normalized spacial score (nSPS) is 22.4. The highest BCUT2D eigenvalue weighted by Gasteiger charge is 2.36. The van der Waals surface area contributed by atoms with Crippen LogP contribution >= 0.6 is 0 Å². The molecule has 0 aromatic heterocycles. The molecule has 1 heterocycles. The van der Waals surface area contributed by atoms with E-state index in [9.17, 15) is 13.2 Å². The van der Waals surface area contributed by atoms with Crippen LogP contribution in [-0.2, 0) is 19.6 Å². The first kappa shape index (κ1) is 12.9. The molecule has 1 saturated heterocycles. The third-order valence-corrected chi connectivity index (χ3v) is 3.88. The molecule has 0 radical (unpaired) electrons. The monoisotopic (exact) mass is 247 g/mol. The molecule has 1 atom stereocenters. The maximum atomic E-state index is 11.7. The van der Waals surface area contributed by atoms with Gasteiger partial charge in [-0.2, -0.15) is 9.57 Å². The van der Waals surface area contributed by atoms with Crippen molar-refractivity contribution in [3.05, 3.63) is 0 Å². The molecule has 1 N–H and O–H groups in total. The molecule has 1 unspecified atom stereocenters. The molecule has 1 aliphatic rings. The number of carbonyl (C=O) groups is 1. The van der Waals surface area contributed by atoms with Crippen LogP contribution in [0, 0.1) is 11.3 Å². The highest BCUT2D eigenvalue weighted by atomic mass is 32.2. The second kappa shape index (κ2) is 5.25. The minimum atomic E-state index is -3.71. The van der Waals surface area contributed by atoms with Crippen LogP contribution in [0.4, 0.5) is 0 Å². The topological polar surface area (TPSA) is 99.5 Å². The number of likely N-dealkylation sites (N-methyl/N-ethyl adjacent to an activating group) is 1. The number of sulfonamides is 1. The van der Waals surface area contributed by atoms with Gasteiger partial charge in [-0.1, -0.05) is 0 Å². The van der Waals surface area contributed by atoms with Crippen LogP contribution in [0.3, 0.4) is 0 Å². The van der Waals surface area contributed by atoms with E-state index in [-0.39, 0.29) is 19.8 Å². The smallest absolute Gasteiger partial charge is 0.240 e. The van der Waals surface area contributed by atoms with Gasteiger partial charge in [0.15, 0.2) is 5.75 Å². The van der Waals surface area contributed by atoms with Crippen molar-refractivity contribution in [2.24, 2.45) is 0 Å². The lowest BCUT2D eigenvalue weighted by Crippen LogP contribution is -2.55. The summed E-state index contributed by atoms with van der Waals surface area (Å²) in [7, 11) is -2.28. The number of carbonyl (C=O) groups excluding carboxylic acids is 1. The van der Waals surface area contributed by atoms with Crippen molar-refractivity contribution in [1.82, 2.24) is 9.62 Å². The number of hydrogen-bond donors (Lipinski definition) is 1. The molecule has 16 heavy (non-hydrogen) atoms. The zero-order valence-electron chi connectivity index (χ0n) is 8.84. The van der Waals surface area contributed by atoms with Gasteiger partial charge in [0.05, 0.1) is 19.3 Å². The van der Waals surface area contributed by atoms with Crippen LogP contribution in [-0.4, -0.2) is 57.2 Å². The summed E-state index contributed by atoms with van der Waals surface area (Å²) < 4.78 is 29.5. The van der Waals surface area contributed by atoms with Crippen LogP contribution < -0.4 is 5.32 Å². The maximum Gasteiger partial charge on any atom is 0.240 e. The van der Waals surface area contributed by atoms with E-state index in [1.54, 1.807) is 6.07 Å². The van der Waals surface area contributed by atoms with E-state index in [2.05, 4.69) is 5.32 Å². The van der Waals surface area contributed by atoms with Crippen LogP contribution in [0.1, 0.15) is 0 Å². The quantitative estimate of drug-likeness (QED) is 0.640. The fourth-order valence-corrected chi connectivity index (χ4v) is 2.68. The van der Waals surface area contributed by atoms with Crippen LogP contribution in [0.15, 0.2) is 0 Å². The van der Waals surface area contributed by atoms with Gasteiger partial charge in [-0.3, -0.25) is 4.79 Å². The fourth-order valence-electron chi connectivity index (χ4n) is 1.46. The third kappa shape index (κ3) is 2.69. The zero-order valence-corrected chi connectivity index (χ0v) is 9.66. The van der Waals surface area contributed by atoms with Gasteiger partial charge in [-0.25, -0.2) is 8.42 Å². The minimum absolute atomic E-state index is 0.0182. The van der Waals surface area contributed by atoms with Gasteiger partial charge in [0.1, 0.15) is 6.04 Å². The number of amides is 1. The van der Waals surface area contributed by atoms with Gasteiger partial charge in [0, 0.05) is 13.6 Å². The Morgan fingerprint density at radius 3 is 2.94 bits per heavy atom. The second-order valence-corrected chi connectivity index (χ2v) is 5.15. The summed E-state index contributed by atoms with van der Waals surface area (Å²) >= 11 is 0. The van der Waals surface area contributed by atoms with Gasteiger partial charge in [0.2, 0.25) is 15.9 Å². The van der Waals surface area contributed by atoms with Gasteiger partial charge < -0.3 is 10.1 Å².